The fraction of sp³-hybridized carbons (Fsp3) is 0. The van der Waals surface area contributed by atoms with Crippen molar-refractivity contribution in [2.45, 2.75) is 0 Å². The molecule has 0 saturated carbocycles. The van der Waals surface area contributed by atoms with Gasteiger partial charge in [-0.25, -0.2) is 23.1 Å². The Labute approximate surface area is 99.3 Å². The molecule has 0 amide bonds. The smallest absolute Gasteiger partial charge is 0.152 e. The molecule has 1 heterocycles. The van der Waals surface area contributed by atoms with Gasteiger partial charge in [-0.1, -0.05) is 11.6 Å². The van der Waals surface area contributed by atoms with Gasteiger partial charge in [-0.2, -0.15) is 0 Å². The number of hydrogen-bond donors (Lipinski definition) is 1. The first-order chi connectivity index (χ1) is 8.06. The van der Waals surface area contributed by atoms with Crippen LogP contribution in [0.25, 0.3) is 0 Å². The summed E-state index contributed by atoms with van der Waals surface area (Å²) in [4.78, 5) is 7.31. The molecule has 0 saturated heterocycles. The standard InChI is InChI=1S/C10H5ClF3N3/c11-8-3-9(16-4-15-8)17-10-6(13)1-5(12)2-7(10)14/h1-4H,(H,15,16,17). The average molecular weight is 260 g/mol. The molecule has 1 aromatic carbocycles. The van der Waals surface area contributed by atoms with E-state index in [-0.39, 0.29) is 11.0 Å². The third-order valence-corrected chi connectivity index (χ3v) is 2.10. The summed E-state index contributed by atoms with van der Waals surface area (Å²) in [5.41, 5.74) is -0.499. The number of aromatic nitrogens is 2. The SMILES string of the molecule is Fc1cc(F)c(Nc2cc(Cl)ncn2)c(F)c1. The van der Waals surface area contributed by atoms with E-state index in [4.69, 9.17) is 11.6 Å². The monoisotopic (exact) mass is 259 g/mol. The summed E-state index contributed by atoms with van der Waals surface area (Å²) in [7, 11) is 0. The van der Waals surface area contributed by atoms with Crippen LogP contribution >= 0.6 is 11.6 Å². The van der Waals surface area contributed by atoms with E-state index in [2.05, 4.69) is 15.3 Å². The number of halogens is 4. The second-order valence-electron chi connectivity index (χ2n) is 3.10. The molecule has 88 valence electrons. The molecule has 17 heavy (non-hydrogen) atoms. The summed E-state index contributed by atoms with van der Waals surface area (Å²) >= 11 is 5.58. The summed E-state index contributed by atoms with van der Waals surface area (Å²) in [5.74, 6) is -3.00. The molecule has 0 aliphatic carbocycles. The first-order valence-corrected chi connectivity index (χ1v) is 4.83. The number of hydrogen-bond acceptors (Lipinski definition) is 3. The van der Waals surface area contributed by atoms with Gasteiger partial charge in [-0.15, -0.1) is 0 Å². The molecule has 2 aromatic rings. The fourth-order valence-electron chi connectivity index (χ4n) is 1.19. The molecule has 0 aliphatic rings. The summed E-state index contributed by atoms with van der Waals surface area (Å²) in [5, 5.41) is 2.47. The van der Waals surface area contributed by atoms with Gasteiger partial charge in [0.25, 0.3) is 0 Å². The van der Waals surface area contributed by atoms with E-state index in [0.29, 0.717) is 12.1 Å². The predicted molar refractivity (Wildman–Crippen MR) is 56.6 cm³/mol. The first kappa shape index (κ1) is 11.7. The van der Waals surface area contributed by atoms with Gasteiger partial charge in [0.2, 0.25) is 0 Å². The van der Waals surface area contributed by atoms with Gasteiger partial charge in [0, 0.05) is 18.2 Å². The lowest BCUT2D eigenvalue weighted by atomic mass is 10.2. The minimum Gasteiger partial charge on any atom is -0.335 e. The fourth-order valence-corrected chi connectivity index (χ4v) is 1.34. The molecule has 0 bridgehead atoms. The Balaban J connectivity index is 2.36. The molecule has 0 spiro atoms. The molecule has 1 N–H and O–H groups in total. The van der Waals surface area contributed by atoms with Crippen molar-refractivity contribution in [3.05, 3.63) is 47.1 Å². The van der Waals surface area contributed by atoms with E-state index >= 15 is 0 Å². The van der Waals surface area contributed by atoms with Crippen LogP contribution in [0.3, 0.4) is 0 Å². The third kappa shape index (κ3) is 2.65. The number of nitrogens with zero attached hydrogens (tertiary/aromatic N) is 2. The maximum atomic E-state index is 13.3. The lowest BCUT2D eigenvalue weighted by Crippen LogP contribution is -2.00. The van der Waals surface area contributed by atoms with Crippen LogP contribution in [0.1, 0.15) is 0 Å². The minimum atomic E-state index is -1.06. The highest BCUT2D eigenvalue weighted by molar-refractivity contribution is 6.29. The second-order valence-corrected chi connectivity index (χ2v) is 3.48. The molecule has 1 aromatic heterocycles. The predicted octanol–water partition coefficient (Wildman–Crippen LogP) is 3.29. The van der Waals surface area contributed by atoms with E-state index in [1.807, 2.05) is 0 Å². The molecule has 0 aliphatic heterocycles. The molecule has 3 nitrogen and oxygen atoms in total. The highest BCUT2D eigenvalue weighted by atomic mass is 35.5. The van der Waals surface area contributed by atoms with Gasteiger partial charge in [-0.05, 0) is 0 Å². The Hall–Kier alpha value is -1.82. The summed E-state index contributed by atoms with van der Waals surface area (Å²) < 4.78 is 39.2. The van der Waals surface area contributed by atoms with Crippen molar-refractivity contribution in [1.82, 2.24) is 9.97 Å². The van der Waals surface area contributed by atoms with Crippen molar-refractivity contribution in [2.75, 3.05) is 5.32 Å². The number of nitrogens with one attached hydrogen (secondary N) is 1. The quantitative estimate of drug-likeness (QED) is 0.841. The number of benzene rings is 1. The van der Waals surface area contributed by atoms with Crippen LogP contribution in [-0.4, -0.2) is 9.97 Å². The second kappa shape index (κ2) is 4.58. The molecule has 2 rings (SSSR count). The molecule has 0 radical (unpaired) electrons. The number of rotatable bonds is 2. The zero-order chi connectivity index (χ0) is 12.4. The highest BCUT2D eigenvalue weighted by Crippen LogP contribution is 2.23. The first-order valence-electron chi connectivity index (χ1n) is 4.45. The molecule has 0 atom stereocenters. The van der Waals surface area contributed by atoms with Crippen LogP contribution in [0.15, 0.2) is 24.5 Å². The van der Waals surface area contributed by atoms with E-state index in [1.165, 1.54) is 6.07 Å². The van der Waals surface area contributed by atoms with Gasteiger partial charge in [0.15, 0.2) is 11.6 Å². The topological polar surface area (TPSA) is 37.8 Å². The Kier molecular flexibility index (Phi) is 3.14. The van der Waals surface area contributed by atoms with E-state index in [0.717, 1.165) is 6.33 Å². The van der Waals surface area contributed by atoms with Crippen LogP contribution < -0.4 is 5.32 Å². The van der Waals surface area contributed by atoms with Crippen LogP contribution in [0.5, 0.6) is 0 Å². The van der Waals surface area contributed by atoms with Gasteiger partial charge < -0.3 is 5.32 Å². The third-order valence-electron chi connectivity index (χ3n) is 1.89. The molecule has 0 fully saturated rings. The lowest BCUT2D eigenvalue weighted by Gasteiger charge is -2.07. The van der Waals surface area contributed by atoms with Gasteiger partial charge >= 0.3 is 0 Å². The zero-order valence-corrected chi connectivity index (χ0v) is 8.97. The molecular weight excluding hydrogens is 255 g/mol. The summed E-state index contributed by atoms with van der Waals surface area (Å²) in [6, 6.07) is 2.41. The molecule has 7 heteroatoms. The van der Waals surface area contributed by atoms with Gasteiger partial charge in [-0.3, -0.25) is 0 Å². The summed E-state index contributed by atoms with van der Waals surface area (Å²) in [6.07, 6.45) is 1.13. The Morgan fingerprint density at radius 1 is 1.00 bits per heavy atom. The Morgan fingerprint density at radius 2 is 1.65 bits per heavy atom. The molecular formula is C10H5ClF3N3. The van der Waals surface area contributed by atoms with Crippen LogP contribution in [-0.2, 0) is 0 Å². The maximum Gasteiger partial charge on any atom is 0.152 e. The highest BCUT2D eigenvalue weighted by Gasteiger charge is 2.12. The van der Waals surface area contributed by atoms with Crippen LogP contribution in [0.2, 0.25) is 5.15 Å². The van der Waals surface area contributed by atoms with Crippen molar-refractivity contribution >= 4 is 23.1 Å². The Bertz CT molecular complexity index is 539. The van der Waals surface area contributed by atoms with Crippen LogP contribution in [0.4, 0.5) is 24.7 Å². The van der Waals surface area contributed by atoms with Crippen molar-refractivity contribution in [3.8, 4) is 0 Å². The van der Waals surface area contributed by atoms with E-state index in [9.17, 15) is 13.2 Å². The average Bonchev–Trinajstić information content (AvgIpc) is 2.23. The Morgan fingerprint density at radius 3 is 2.24 bits per heavy atom. The maximum absolute atomic E-state index is 13.3. The largest absolute Gasteiger partial charge is 0.335 e. The normalized spacial score (nSPS) is 10.4. The van der Waals surface area contributed by atoms with Crippen molar-refractivity contribution in [2.24, 2.45) is 0 Å². The van der Waals surface area contributed by atoms with Gasteiger partial charge in [0.1, 0.15) is 28.8 Å². The summed E-state index contributed by atoms with van der Waals surface area (Å²) in [6.45, 7) is 0. The minimum absolute atomic E-state index is 0.106. The van der Waals surface area contributed by atoms with E-state index in [1.54, 1.807) is 0 Å². The molecule has 0 unspecified atom stereocenters. The van der Waals surface area contributed by atoms with Crippen molar-refractivity contribution < 1.29 is 13.2 Å². The van der Waals surface area contributed by atoms with Crippen LogP contribution in [0, 0.1) is 17.5 Å². The van der Waals surface area contributed by atoms with E-state index < -0.39 is 23.1 Å². The lowest BCUT2D eigenvalue weighted by molar-refractivity contribution is 0.548. The van der Waals surface area contributed by atoms with Crippen molar-refractivity contribution in [3.63, 3.8) is 0 Å². The van der Waals surface area contributed by atoms with Crippen molar-refractivity contribution in [1.29, 1.82) is 0 Å². The zero-order valence-electron chi connectivity index (χ0n) is 8.22. The van der Waals surface area contributed by atoms with Gasteiger partial charge in [0.05, 0.1) is 0 Å². The number of anilines is 2.